The third kappa shape index (κ3) is 6.50. The van der Waals surface area contributed by atoms with Crippen LogP contribution in [0.1, 0.15) is 24.6 Å². The van der Waals surface area contributed by atoms with E-state index in [0.717, 1.165) is 50.7 Å². The molecule has 0 aliphatic carbocycles. The number of hydrogen-bond acceptors (Lipinski definition) is 3. The van der Waals surface area contributed by atoms with Gasteiger partial charge in [0.05, 0.1) is 6.20 Å². The van der Waals surface area contributed by atoms with Gasteiger partial charge in [0.1, 0.15) is 0 Å². The van der Waals surface area contributed by atoms with Gasteiger partial charge < -0.3 is 10.6 Å². The van der Waals surface area contributed by atoms with E-state index in [4.69, 9.17) is 0 Å². The van der Waals surface area contributed by atoms with E-state index in [2.05, 4.69) is 45.8 Å². The molecule has 0 amide bonds. The zero-order valence-electron chi connectivity index (χ0n) is 14.0. The molecule has 23 heavy (non-hydrogen) atoms. The first-order valence-corrected chi connectivity index (χ1v) is 8.19. The van der Waals surface area contributed by atoms with Crippen molar-refractivity contribution < 1.29 is 0 Å². The van der Waals surface area contributed by atoms with Gasteiger partial charge in [-0.05, 0) is 38.0 Å². The van der Waals surface area contributed by atoms with Crippen LogP contribution in [0.3, 0.4) is 0 Å². The van der Waals surface area contributed by atoms with Crippen LogP contribution in [0.4, 0.5) is 0 Å². The molecule has 0 spiro atoms. The number of aryl methyl sites for hydroxylation is 2. The standard InChI is InChI=1S/C17H26N6/c1-3-18-17(21-11-8-16-7-4-5-9-19-16)20-10-6-12-23-14-15(2)13-22-23/h4-5,7,9,13-14H,3,6,8,10-12H2,1-2H3,(H2,18,20,21). The van der Waals surface area contributed by atoms with E-state index in [1.165, 1.54) is 5.56 Å². The van der Waals surface area contributed by atoms with Gasteiger partial charge in [-0.15, -0.1) is 0 Å². The van der Waals surface area contributed by atoms with Crippen LogP contribution in [0.25, 0.3) is 0 Å². The molecule has 0 saturated carbocycles. The van der Waals surface area contributed by atoms with E-state index in [0.29, 0.717) is 0 Å². The van der Waals surface area contributed by atoms with E-state index in [-0.39, 0.29) is 0 Å². The number of nitrogens with one attached hydrogen (secondary N) is 2. The molecule has 2 N–H and O–H groups in total. The molecule has 0 aliphatic heterocycles. The zero-order valence-corrected chi connectivity index (χ0v) is 14.0. The lowest BCUT2D eigenvalue weighted by atomic mass is 10.3. The summed E-state index contributed by atoms with van der Waals surface area (Å²) in [6, 6.07) is 5.99. The molecule has 6 nitrogen and oxygen atoms in total. The van der Waals surface area contributed by atoms with Gasteiger partial charge in [0.25, 0.3) is 0 Å². The van der Waals surface area contributed by atoms with Crippen molar-refractivity contribution in [2.75, 3.05) is 19.6 Å². The highest BCUT2D eigenvalue weighted by atomic mass is 15.3. The Labute approximate surface area is 138 Å². The molecular formula is C17H26N6. The second-order valence-electron chi connectivity index (χ2n) is 5.39. The summed E-state index contributed by atoms with van der Waals surface area (Å²) in [5.74, 6) is 0.861. The summed E-state index contributed by atoms with van der Waals surface area (Å²) in [5, 5.41) is 10.9. The lowest BCUT2D eigenvalue weighted by Crippen LogP contribution is -2.38. The second-order valence-corrected chi connectivity index (χ2v) is 5.39. The van der Waals surface area contributed by atoms with Crippen molar-refractivity contribution in [3.8, 4) is 0 Å². The van der Waals surface area contributed by atoms with Gasteiger partial charge >= 0.3 is 0 Å². The Morgan fingerprint density at radius 3 is 2.91 bits per heavy atom. The number of hydrogen-bond donors (Lipinski definition) is 2. The van der Waals surface area contributed by atoms with E-state index in [1.54, 1.807) is 0 Å². The third-order valence-electron chi connectivity index (χ3n) is 3.32. The minimum Gasteiger partial charge on any atom is -0.357 e. The van der Waals surface area contributed by atoms with E-state index < -0.39 is 0 Å². The maximum Gasteiger partial charge on any atom is 0.191 e. The number of aliphatic imine (C=N–C) groups is 1. The normalized spacial score (nSPS) is 11.5. The molecule has 6 heteroatoms. The molecule has 2 rings (SSSR count). The minimum absolute atomic E-state index is 0.776. The second kappa shape index (κ2) is 9.61. The highest BCUT2D eigenvalue weighted by Crippen LogP contribution is 1.96. The van der Waals surface area contributed by atoms with Crippen molar-refractivity contribution in [2.24, 2.45) is 4.99 Å². The van der Waals surface area contributed by atoms with Crippen LogP contribution < -0.4 is 10.6 Å². The van der Waals surface area contributed by atoms with Crippen LogP contribution in [0.2, 0.25) is 0 Å². The molecule has 0 aromatic carbocycles. The Morgan fingerprint density at radius 1 is 1.30 bits per heavy atom. The van der Waals surface area contributed by atoms with Crippen LogP contribution in [0.15, 0.2) is 41.8 Å². The first-order chi connectivity index (χ1) is 11.3. The minimum atomic E-state index is 0.776. The molecule has 0 unspecified atom stereocenters. The van der Waals surface area contributed by atoms with E-state index in [9.17, 15) is 0 Å². The average Bonchev–Trinajstić information content (AvgIpc) is 2.98. The van der Waals surface area contributed by atoms with Crippen molar-refractivity contribution >= 4 is 5.96 Å². The number of rotatable bonds is 8. The van der Waals surface area contributed by atoms with Crippen LogP contribution in [-0.4, -0.2) is 40.4 Å². The summed E-state index contributed by atoms with van der Waals surface area (Å²) in [7, 11) is 0. The maximum atomic E-state index is 4.60. The number of guanidine groups is 1. The molecular weight excluding hydrogens is 288 g/mol. The van der Waals surface area contributed by atoms with Crippen molar-refractivity contribution in [2.45, 2.75) is 33.2 Å². The molecule has 124 valence electrons. The fourth-order valence-electron chi connectivity index (χ4n) is 2.21. The Hall–Kier alpha value is -2.37. The van der Waals surface area contributed by atoms with Crippen molar-refractivity contribution in [3.63, 3.8) is 0 Å². The first kappa shape index (κ1) is 17.0. The predicted octanol–water partition coefficient (Wildman–Crippen LogP) is 1.77. The summed E-state index contributed by atoms with van der Waals surface area (Å²) >= 11 is 0. The first-order valence-electron chi connectivity index (χ1n) is 8.19. The monoisotopic (exact) mass is 314 g/mol. The molecule has 0 atom stereocenters. The zero-order chi connectivity index (χ0) is 16.3. The predicted molar refractivity (Wildman–Crippen MR) is 93.5 cm³/mol. The summed E-state index contributed by atoms with van der Waals surface area (Å²) in [4.78, 5) is 8.92. The molecule has 0 saturated heterocycles. The molecule has 0 aliphatic rings. The summed E-state index contributed by atoms with van der Waals surface area (Å²) < 4.78 is 1.96. The van der Waals surface area contributed by atoms with Crippen LogP contribution >= 0.6 is 0 Å². The number of nitrogens with zero attached hydrogens (tertiary/aromatic N) is 4. The quantitative estimate of drug-likeness (QED) is 0.443. The van der Waals surface area contributed by atoms with Crippen molar-refractivity contribution in [1.82, 2.24) is 25.4 Å². The topological polar surface area (TPSA) is 67.1 Å². The van der Waals surface area contributed by atoms with Gasteiger partial charge in [0.2, 0.25) is 0 Å². The Bertz CT molecular complexity index is 590. The van der Waals surface area contributed by atoms with Crippen LogP contribution in [0.5, 0.6) is 0 Å². The van der Waals surface area contributed by atoms with Gasteiger partial charge in [-0.1, -0.05) is 6.07 Å². The number of pyridine rings is 1. The van der Waals surface area contributed by atoms with Gasteiger partial charge in [-0.25, -0.2) is 0 Å². The third-order valence-corrected chi connectivity index (χ3v) is 3.32. The van der Waals surface area contributed by atoms with Gasteiger partial charge in [0.15, 0.2) is 5.96 Å². The number of aromatic nitrogens is 3. The molecule has 0 bridgehead atoms. The van der Waals surface area contributed by atoms with Gasteiger partial charge in [-0.2, -0.15) is 5.10 Å². The summed E-state index contributed by atoms with van der Waals surface area (Å²) in [5.41, 5.74) is 2.28. The highest BCUT2D eigenvalue weighted by molar-refractivity contribution is 5.79. The lowest BCUT2D eigenvalue weighted by Gasteiger charge is -2.11. The summed E-state index contributed by atoms with van der Waals surface area (Å²) in [6.45, 7) is 7.47. The van der Waals surface area contributed by atoms with Gasteiger partial charge in [-0.3, -0.25) is 14.7 Å². The van der Waals surface area contributed by atoms with Crippen LogP contribution in [0, 0.1) is 6.92 Å². The van der Waals surface area contributed by atoms with E-state index >= 15 is 0 Å². The Kier molecular flexibility index (Phi) is 7.10. The fraction of sp³-hybridized carbons (Fsp3) is 0.471. The largest absolute Gasteiger partial charge is 0.357 e. The molecule has 2 aromatic rings. The fourth-order valence-corrected chi connectivity index (χ4v) is 2.21. The maximum absolute atomic E-state index is 4.60. The van der Waals surface area contributed by atoms with Crippen molar-refractivity contribution in [3.05, 3.63) is 48.0 Å². The average molecular weight is 314 g/mol. The molecule has 0 fully saturated rings. The lowest BCUT2D eigenvalue weighted by molar-refractivity contribution is 0.583. The molecule has 0 radical (unpaired) electrons. The summed E-state index contributed by atoms with van der Waals surface area (Å²) in [6.07, 6.45) is 7.62. The van der Waals surface area contributed by atoms with Crippen molar-refractivity contribution in [1.29, 1.82) is 0 Å². The van der Waals surface area contributed by atoms with Crippen LogP contribution in [-0.2, 0) is 13.0 Å². The molecule has 2 heterocycles. The Balaban J connectivity index is 1.71. The molecule has 2 aromatic heterocycles. The Morgan fingerprint density at radius 2 is 2.22 bits per heavy atom. The smallest absolute Gasteiger partial charge is 0.191 e. The van der Waals surface area contributed by atoms with Gasteiger partial charge in [0, 0.05) is 50.7 Å². The highest BCUT2D eigenvalue weighted by Gasteiger charge is 1.99. The SMILES string of the molecule is CCNC(=NCCCn1cc(C)cn1)NCCc1ccccn1. The van der Waals surface area contributed by atoms with E-state index in [1.807, 2.05) is 35.3 Å².